The van der Waals surface area contributed by atoms with Gasteiger partial charge in [-0.05, 0) is 62.3 Å². The van der Waals surface area contributed by atoms with Crippen LogP contribution < -0.4 is 11.1 Å². The molecule has 6 nitrogen and oxygen atoms in total. The summed E-state index contributed by atoms with van der Waals surface area (Å²) in [5.74, 6) is 2.62. The molecule has 0 radical (unpaired) electrons. The minimum atomic E-state index is -0.0123. The van der Waals surface area contributed by atoms with Gasteiger partial charge >= 0.3 is 0 Å². The fourth-order valence-electron chi connectivity index (χ4n) is 5.52. The monoisotopic (exact) mass is 367 g/mol. The summed E-state index contributed by atoms with van der Waals surface area (Å²) in [6.45, 7) is 0. The highest BCUT2D eigenvalue weighted by Crippen LogP contribution is 2.55. The number of nitriles is 2. The molecule has 0 aliphatic heterocycles. The predicted molar refractivity (Wildman–Crippen MR) is 97.8 cm³/mol. The number of rotatable bonds is 4. The molecule has 0 atom stereocenters. The molecule has 0 spiro atoms. The standard InChI is InChI=1S/C19H21N5OS/c20-8-14-4-15(9-21)18(23-17(14)22)26-10-16(25)24-19-5-11-1-12(6-19)3-13(2-11)7-19/h4,11-13H,1-3,5-7,10H2,(H2,22,23)(H,24,25). The number of carbonyl (C=O) groups excluding carboxylic acids is 1. The molecule has 1 heterocycles. The molecule has 1 amide bonds. The molecule has 4 aliphatic carbocycles. The van der Waals surface area contributed by atoms with Crippen LogP contribution in [0.2, 0.25) is 0 Å². The smallest absolute Gasteiger partial charge is 0.230 e. The van der Waals surface area contributed by atoms with Crippen LogP contribution in [0.5, 0.6) is 0 Å². The molecular weight excluding hydrogens is 346 g/mol. The van der Waals surface area contributed by atoms with Crippen molar-refractivity contribution in [1.82, 2.24) is 10.3 Å². The number of pyridine rings is 1. The Morgan fingerprint density at radius 2 is 1.77 bits per heavy atom. The minimum absolute atomic E-state index is 0.00873. The number of amides is 1. The lowest BCUT2D eigenvalue weighted by molar-refractivity contribution is -0.124. The second-order valence-electron chi connectivity index (χ2n) is 8.03. The normalized spacial score (nSPS) is 31.2. The topological polar surface area (TPSA) is 116 Å². The first kappa shape index (κ1) is 17.2. The zero-order valence-electron chi connectivity index (χ0n) is 14.5. The summed E-state index contributed by atoms with van der Waals surface area (Å²) in [5, 5.41) is 22.0. The van der Waals surface area contributed by atoms with E-state index < -0.39 is 0 Å². The summed E-state index contributed by atoms with van der Waals surface area (Å²) in [6, 6.07) is 5.38. The summed E-state index contributed by atoms with van der Waals surface area (Å²) in [6.07, 6.45) is 7.35. The van der Waals surface area contributed by atoms with Crippen LogP contribution >= 0.6 is 11.8 Å². The zero-order valence-corrected chi connectivity index (χ0v) is 15.3. The van der Waals surface area contributed by atoms with Crippen molar-refractivity contribution in [1.29, 1.82) is 10.5 Å². The van der Waals surface area contributed by atoms with Gasteiger partial charge in [0.1, 0.15) is 23.0 Å². The third-order valence-electron chi connectivity index (χ3n) is 6.04. The van der Waals surface area contributed by atoms with E-state index in [0.29, 0.717) is 5.03 Å². The Labute approximate surface area is 157 Å². The molecule has 7 heteroatoms. The highest BCUT2D eigenvalue weighted by atomic mass is 32.2. The fraction of sp³-hybridized carbons (Fsp3) is 0.579. The Kier molecular flexibility index (Phi) is 4.28. The quantitative estimate of drug-likeness (QED) is 0.790. The molecule has 3 N–H and O–H groups in total. The molecule has 0 aromatic carbocycles. The van der Waals surface area contributed by atoms with E-state index in [9.17, 15) is 10.1 Å². The number of nitrogens with zero attached hydrogens (tertiary/aromatic N) is 3. The second-order valence-corrected chi connectivity index (χ2v) is 9.00. The Morgan fingerprint density at radius 3 is 2.31 bits per heavy atom. The number of hydrogen-bond acceptors (Lipinski definition) is 6. The predicted octanol–water partition coefficient (Wildman–Crippen LogP) is 2.58. The van der Waals surface area contributed by atoms with Gasteiger partial charge in [0.05, 0.1) is 16.9 Å². The van der Waals surface area contributed by atoms with E-state index in [1.165, 1.54) is 37.1 Å². The molecule has 1 aromatic heterocycles. The van der Waals surface area contributed by atoms with Gasteiger partial charge in [-0.1, -0.05) is 11.8 Å². The lowest BCUT2D eigenvalue weighted by Crippen LogP contribution is -2.60. The van der Waals surface area contributed by atoms with Crippen molar-refractivity contribution in [3.63, 3.8) is 0 Å². The van der Waals surface area contributed by atoms with Crippen LogP contribution in [0, 0.1) is 40.4 Å². The van der Waals surface area contributed by atoms with E-state index >= 15 is 0 Å². The van der Waals surface area contributed by atoms with Gasteiger partial charge in [0.25, 0.3) is 0 Å². The lowest BCUT2D eigenvalue weighted by atomic mass is 9.53. The molecule has 4 fully saturated rings. The van der Waals surface area contributed by atoms with Gasteiger partial charge in [-0.3, -0.25) is 4.79 Å². The van der Waals surface area contributed by atoms with Crippen molar-refractivity contribution >= 4 is 23.5 Å². The highest BCUT2D eigenvalue weighted by Gasteiger charge is 2.51. The van der Waals surface area contributed by atoms with E-state index in [1.807, 2.05) is 12.1 Å². The summed E-state index contributed by atoms with van der Waals surface area (Å²) in [5.41, 5.74) is 6.19. The van der Waals surface area contributed by atoms with Gasteiger partial charge in [-0.15, -0.1) is 0 Å². The lowest BCUT2D eigenvalue weighted by Gasteiger charge is -2.56. The van der Waals surface area contributed by atoms with Crippen LogP contribution in [0.1, 0.15) is 49.7 Å². The third kappa shape index (κ3) is 3.12. The van der Waals surface area contributed by atoms with Crippen molar-refractivity contribution in [2.45, 2.75) is 49.1 Å². The van der Waals surface area contributed by atoms with Gasteiger partial charge in [-0.2, -0.15) is 10.5 Å². The molecule has 26 heavy (non-hydrogen) atoms. The Balaban J connectivity index is 1.42. The summed E-state index contributed by atoms with van der Waals surface area (Å²) in [7, 11) is 0. The van der Waals surface area contributed by atoms with Crippen LogP contribution in [-0.2, 0) is 4.79 Å². The maximum atomic E-state index is 12.6. The average Bonchev–Trinajstić information content (AvgIpc) is 2.58. The van der Waals surface area contributed by atoms with Crippen molar-refractivity contribution in [3.8, 4) is 12.1 Å². The number of hydrogen-bond donors (Lipinski definition) is 2. The highest BCUT2D eigenvalue weighted by molar-refractivity contribution is 8.00. The van der Waals surface area contributed by atoms with Crippen LogP contribution in [0.25, 0.3) is 0 Å². The third-order valence-corrected chi connectivity index (χ3v) is 7.03. The number of carbonyl (C=O) groups is 1. The second kappa shape index (κ2) is 6.48. The van der Waals surface area contributed by atoms with Crippen LogP contribution in [0.15, 0.2) is 11.1 Å². The molecule has 4 saturated carbocycles. The molecule has 0 saturated heterocycles. The number of nitrogens with two attached hydrogens (primary N) is 1. The zero-order chi connectivity index (χ0) is 18.3. The maximum absolute atomic E-state index is 12.6. The molecule has 5 rings (SSSR count). The van der Waals surface area contributed by atoms with Crippen molar-refractivity contribution in [3.05, 3.63) is 17.2 Å². The van der Waals surface area contributed by atoms with Gasteiger partial charge in [-0.25, -0.2) is 4.98 Å². The Bertz CT molecular complexity index is 802. The van der Waals surface area contributed by atoms with Gasteiger partial charge in [0, 0.05) is 5.54 Å². The van der Waals surface area contributed by atoms with Gasteiger partial charge in [0.15, 0.2) is 0 Å². The van der Waals surface area contributed by atoms with Crippen molar-refractivity contribution in [2.24, 2.45) is 17.8 Å². The largest absolute Gasteiger partial charge is 0.383 e. The number of aromatic nitrogens is 1. The number of nitrogens with one attached hydrogen (secondary N) is 1. The Morgan fingerprint density at radius 1 is 1.19 bits per heavy atom. The number of anilines is 1. The van der Waals surface area contributed by atoms with Crippen molar-refractivity contribution in [2.75, 3.05) is 11.5 Å². The first-order valence-electron chi connectivity index (χ1n) is 9.05. The van der Waals surface area contributed by atoms with E-state index in [2.05, 4.69) is 10.3 Å². The number of nitrogen functional groups attached to an aromatic ring is 1. The average molecular weight is 367 g/mol. The van der Waals surface area contributed by atoms with Crippen LogP contribution in [0.4, 0.5) is 5.82 Å². The molecule has 134 valence electrons. The molecule has 4 bridgehead atoms. The number of thioether (sulfide) groups is 1. The molecule has 1 aromatic rings. The summed E-state index contributed by atoms with van der Waals surface area (Å²) < 4.78 is 0. The van der Waals surface area contributed by atoms with Gasteiger partial charge in [0.2, 0.25) is 5.91 Å². The summed E-state index contributed by atoms with van der Waals surface area (Å²) >= 11 is 1.21. The van der Waals surface area contributed by atoms with E-state index in [-0.39, 0.29) is 34.1 Å². The fourth-order valence-corrected chi connectivity index (χ4v) is 6.28. The molecular formula is C19H21N5OS. The first-order chi connectivity index (χ1) is 12.5. The van der Waals surface area contributed by atoms with E-state index in [1.54, 1.807) is 0 Å². The van der Waals surface area contributed by atoms with Crippen LogP contribution in [-0.4, -0.2) is 22.2 Å². The minimum Gasteiger partial charge on any atom is -0.383 e. The Hall–Kier alpha value is -2.25. The van der Waals surface area contributed by atoms with Crippen molar-refractivity contribution < 1.29 is 4.79 Å². The SMILES string of the molecule is N#Cc1cc(C#N)c(SCC(=O)NC23CC4CC(CC(C4)C2)C3)nc1N. The van der Waals surface area contributed by atoms with E-state index in [4.69, 9.17) is 11.0 Å². The molecule has 0 unspecified atom stereocenters. The van der Waals surface area contributed by atoms with Gasteiger partial charge < -0.3 is 11.1 Å². The molecule has 4 aliphatic rings. The van der Waals surface area contributed by atoms with Crippen LogP contribution in [0.3, 0.4) is 0 Å². The first-order valence-corrected chi connectivity index (χ1v) is 10.0. The summed E-state index contributed by atoms with van der Waals surface area (Å²) in [4.78, 5) is 16.7. The maximum Gasteiger partial charge on any atom is 0.230 e. The van der Waals surface area contributed by atoms with E-state index in [0.717, 1.165) is 37.0 Å².